The van der Waals surface area contributed by atoms with Crippen LogP contribution in [0.5, 0.6) is 11.5 Å². The van der Waals surface area contributed by atoms with E-state index < -0.39 is 5.97 Å². The number of methoxy groups -OCH3 is 1. The van der Waals surface area contributed by atoms with Gasteiger partial charge in [-0.2, -0.15) is 0 Å². The second-order valence-electron chi connectivity index (χ2n) is 4.49. The molecule has 1 aromatic carbocycles. The fourth-order valence-corrected chi connectivity index (χ4v) is 1.91. The number of carbonyl (C=O) groups is 2. The Hall–Kier alpha value is -2.04. The zero-order valence-electron chi connectivity index (χ0n) is 12.0. The molecule has 110 valence electrons. The van der Waals surface area contributed by atoms with Crippen molar-refractivity contribution in [1.29, 1.82) is 0 Å². The molecule has 0 radical (unpaired) electrons. The Kier molecular flexibility index (Phi) is 6.03. The summed E-state index contributed by atoms with van der Waals surface area (Å²) in [4.78, 5) is 22.9. The number of ether oxygens (including phenoxy) is 2. The summed E-state index contributed by atoms with van der Waals surface area (Å²) in [5.41, 5.74) is 0.0854. The molecule has 0 aliphatic heterocycles. The SMILES string of the molecule is CCCC(CC)C(=O)Oc1ccc(C(=O)O)cc1OC. The maximum Gasteiger partial charge on any atom is 0.335 e. The van der Waals surface area contributed by atoms with Crippen molar-refractivity contribution in [2.45, 2.75) is 33.1 Å². The number of hydrogen-bond acceptors (Lipinski definition) is 4. The summed E-state index contributed by atoms with van der Waals surface area (Å²) in [6, 6.07) is 4.17. The molecule has 1 unspecified atom stereocenters. The second-order valence-corrected chi connectivity index (χ2v) is 4.49. The molecule has 1 N–H and O–H groups in total. The first-order valence-corrected chi connectivity index (χ1v) is 6.66. The Labute approximate surface area is 118 Å². The highest BCUT2D eigenvalue weighted by Gasteiger charge is 2.20. The number of hydrogen-bond donors (Lipinski definition) is 1. The first kappa shape index (κ1) is 16.0. The third-order valence-electron chi connectivity index (χ3n) is 3.08. The van der Waals surface area contributed by atoms with Crippen molar-refractivity contribution in [3.63, 3.8) is 0 Å². The average molecular weight is 280 g/mol. The molecule has 0 saturated heterocycles. The van der Waals surface area contributed by atoms with Gasteiger partial charge in [0.15, 0.2) is 11.5 Å². The van der Waals surface area contributed by atoms with Crippen molar-refractivity contribution in [3.05, 3.63) is 23.8 Å². The third-order valence-corrected chi connectivity index (χ3v) is 3.08. The van der Waals surface area contributed by atoms with Crippen LogP contribution >= 0.6 is 0 Å². The molecule has 0 saturated carbocycles. The van der Waals surface area contributed by atoms with Crippen LogP contribution in [0.3, 0.4) is 0 Å². The van der Waals surface area contributed by atoms with Crippen LogP contribution in [0.4, 0.5) is 0 Å². The van der Waals surface area contributed by atoms with Crippen molar-refractivity contribution in [2.75, 3.05) is 7.11 Å². The van der Waals surface area contributed by atoms with Crippen molar-refractivity contribution in [1.82, 2.24) is 0 Å². The topological polar surface area (TPSA) is 72.8 Å². The largest absolute Gasteiger partial charge is 0.493 e. The minimum absolute atomic E-state index is 0.0854. The molecule has 5 heteroatoms. The molecule has 0 amide bonds. The minimum atomic E-state index is -1.06. The van der Waals surface area contributed by atoms with E-state index in [1.165, 1.54) is 25.3 Å². The smallest absolute Gasteiger partial charge is 0.335 e. The summed E-state index contributed by atoms with van der Waals surface area (Å²) in [7, 11) is 1.40. The van der Waals surface area contributed by atoms with Crippen molar-refractivity contribution < 1.29 is 24.2 Å². The van der Waals surface area contributed by atoms with Crippen molar-refractivity contribution >= 4 is 11.9 Å². The molecule has 0 aliphatic rings. The van der Waals surface area contributed by atoms with Crippen LogP contribution in [0.1, 0.15) is 43.5 Å². The Bertz CT molecular complexity index is 481. The number of rotatable bonds is 7. The van der Waals surface area contributed by atoms with Crippen LogP contribution in [0.2, 0.25) is 0 Å². The lowest BCUT2D eigenvalue weighted by atomic mass is 10.0. The highest BCUT2D eigenvalue weighted by Crippen LogP contribution is 2.29. The lowest BCUT2D eigenvalue weighted by Crippen LogP contribution is -2.20. The molecular formula is C15H20O5. The predicted octanol–water partition coefficient (Wildman–Crippen LogP) is 3.13. The molecule has 0 aliphatic carbocycles. The molecule has 0 spiro atoms. The standard InChI is InChI=1S/C15H20O5/c1-4-6-10(5-2)15(18)20-12-8-7-11(14(16)17)9-13(12)19-3/h7-10H,4-6H2,1-3H3,(H,16,17). The first-order chi connectivity index (χ1) is 9.53. The maximum atomic E-state index is 12.0. The molecule has 0 fully saturated rings. The van der Waals surface area contributed by atoms with E-state index in [0.29, 0.717) is 6.42 Å². The Balaban J connectivity index is 2.91. The summed E-state index contributed by atoms with van der Waals surface area (Å²) >= 11 is 0. The summed E-state index contributed by atoms with van der Waals surface area (Å²) < 4.78 is 10.4. The van der Waals surface area contributed by atoms with Gasteiger partial charge in [-0.25, -0.2) is 4.79 Å². The summed E-state index contributed by atoms with van der Waals surface area (Å²) in [6.07, 6.45) is 2.38. The fraction of sp³-hybridized carbons (Fsp3) is 0.467. The number of benzene rings is 1. The number of carbonyl (C=O) groups excluding carboxylic acids is 1. The van der Waals surface area contributed by atoms with Crippen LogP contribution in [-0.2, 0) is 4.79 Å². The van der Waals surface area contributed by atoms with E-state index in [0.717, 1.165) is 12.8 Å². The molecule has 1 rings (SSSR count). The van der Waals surface area contributed by atoms with E-state index >= 15 is 0 Å². The third kappa shape index (κ3) is 3.98. The van der Waals surface area contributed by atoms with Gasteiger partial charge < -0.3 is 14.6 Å². The van der Waals surface area contributed by atoms with Crippen LogP contribution in [0.15, 0.2) is 18.2 Å². The average Bonchev–Trinajstić information content (AvgIpc) is 2.44. The minimum Gasteiger partial charge on any atom is -0.493 e. The Morgan fingerprint density at radius 1 is 1.25 bits per heavy atom. The van der Waals surface area contributed by atoms with Gasteiger partial charge in [0.2, 0.25) is 0 Å². The van der Waals surface area contributed by atoms with Gasteiger partial charge >= 0.3 is 11.9 Å². The molecule has 0 heterocycles. The predicted molar refractivity (Wildman–Crippen MR) is 74.3 cm³/mol. The summed E-state index contributed by atoms with van der Waals surface area (Å²) in [5, 5.41) is 8.91. The number of esters is 1. The zero-order chi connectivity index (χ0) is 15.1. The molecule has 1 aromatic rings. The van der Waals surface area contributed by atoms with Gasteiger partial charge in [-0.05, 0) is 31.0 Å². The van der Waals surface area contributed by atoms with Crippen LogP contribution < -0.4 is 9.47 Å². The Morgan fingerprint density at radius 3 is 2.45 bits per heavy atom. The van der Waals surface area contributed by atoms with Crippen molar-refractivity contribution in [2.24, 2.45) is 5.92 Å². The van der Waals surface area contributed by atoms with Crippen molar-refractivity contribution in [3.8, 4) is 11.5 Å². The molecular weight excluding hydrogens is 260 g/mol. The van der Waals surface area contributed by atoms with Gasteiger partial charge in [0.25, 0.3) is 0 Å². The molecule has 0 bridgehead atoms. The molecule has 1 atom stereocenters. The van der Waals surface area contributed by atoms with Crippen LogP contribution in [0, 0.1) is 5.92 Å². The van der Waals surface area contributed by atoms with Crippen LogP contribution in [-0.4, -0.2) is 24.2 Å². The summed E-state index contributed by atoms with van der Waals surface area (Å²) in [5.74, 6) is -1.03. The van der Waals surface area contributed by atoms with Gasteiger partial charge in [-0.1, -0.05) is 20.3 Å². The lowest BCUT2D eigenvalue weighted by Gasteiger charge is -2.15. The summed E-state index contributed by atoms with van der Waals surface area (Å²) in [6.45, 7) is 3.95. The number of carboxylic acid groups (broad SMARTS) is 1. The monoisotopic (exact) mass is 280 g/mol. The molecule has 0 aromatic heterocycles. The van der Waals surface area contributed by atoms with Gasteiger partial charge in [0.05, 0.1) is 18.6 Å². The lowest BCUT2D eigenvalue weighted by molar-refractivity contribution is -0.139. The van der Waals surface area contributed by atoms with Crippen LogP contribution in [0.25, 0.3) is 0 Å². The highest BCUT2D eigenvalue weighted by molar-refractivity contribution is 5.88. The quantitative estimate of drug-likeness (QED) is 0.613. The fourth-order valence-electron chi connectivity index (χ4n) is 1.91. The number of carboxylic acids is 1. The zero-order valence-corrected chi connectivity index (χ0v) is 12.0. The van der Waals surface area contributed by atoms with Gasteiger partial charge in [-0.15, -0.1) is 0 Å². The normalized spacial score (nSPS) is 11.8. The van der Waals surface area contributed by atoms with E-state index in [1.54, 1.807) is 0 Å². The van der Waals surface area contributed by atoms with E-state index in [2.05, 4.69) is 0 Å². The number of aromatic carboxylic acids is 1. The van der Waals surface area contributed by atoms with E-state index in [1.807, 2.05) is 13.8 Å². The second kappa shape index (κ2) is 7.53. The van der Waals surface area contributed by atoms with E-state index in [4.69, 9.17) is 14.6 Å². The Morgan fingerprint density at radius 2 is 1.95 bits per heavy atom. The first-order valence-electron chi connectivity index (χ1n) is 6.66. The van der Waals surface area contributed by atoms with Gasteiger partial charge in [0, 0.05) is 0 Å². The van der Waals surface area contributed by atoms with Gasteiger partial charge in [-0.3, -0.25) is 4.79 Å². The van der Waals surface area contributed by atoms with E-state index in [-0.39, 0.29) is 28.9 Å². The van der Waals surface area contributed by atoms with E-state index in [9.17, 15) is 9.59 Å². The highest BCUT2D eigenvalue weighted by atomic mass is 16.6. The molecule has 5 nitrogen and oxygen atoms in total. The maximum absolute atomic E-state index is 12.0. The molecule has 20 heavy (non-hydrogen) atoms. The van der Waals surface area contributed by atoms with Gasteiger partial charge in [0.1, 0.15) is 0 Å².